The number of alkyl halides is 3. The number of benzene rings is 1. The molecule has 2 aliphatic heterocycles. The summed E-state index contributed by atoms with van der Waals surface area (Å²) < 4.78 is 49.8. The molecule has 0 aliphatic carbocycles. The number of aryl methyl sites for hydroxylation is 1. The highest BCUT2D eigenvalue weighted by Crippen LogP contribution is 2.38. The third-order valence-electron chi connectivity index (χ3n) is 7.72. The monoisotopic (exact) mass is 592 g/mol. The first kappa shape index (κ1) is 31.4. The van der Waals surface area contributed by atoms with Gasteiger partial charge in [-0.15, -0.1) is 0 Å². The van der Waals surface area contributed by atoms with E-state index in [1.807, 2.05) is 25.1 Å². The number of halogens is 3. The summed E-state index contributed by atoms with van der Waals surface area (Å²) >= 11 is 0. The fraction of sp³-hybridized carbons (Fsp3) is 0.533. The number of ether oxygens (including phenoxy) is 2. The summed E-state index contributed by atoms with van der Waals surface area (Å²) in [5.74, 6) is 0.972. The third kappa shape index (κ3) is 8.28. The van der Waals surface area contributed by atoms with Crippen LogP contribution in [0, 0.1) is 12.8 Å². The van der Waals surface area contributed by atoms with Crippen LogP contribution in [0.2, 0.25) is 0 Å². The molecular weight excluding hydrogens is 553 g/mol. The van der Waals surface area contributed by atoms with Crippen molar-refractivity contribution in [1.29, 1.82) is 0 Å². The zero-order valence-electron chi connectivity index (χ0n) is 24.5. The van der Waals surface area contributed by atoms with Crippen molar-refractivity contribution in [2.24, 2.45) is 5.92 Å². The van der Waals surface area contributed by atoms with E-state index in [0.29, 0.717) is 18.6 Å². The fourth-order valence-corrected chi connectivity index (χ4v) is 5.13. The number of carboxylic acid groups (broad SMARTS) is 1. The second-order valence-electron chi connectivity index (χ2n) is 11.1. The highest BCUT2D eigenvalue weighted by molar-refractivity contribution is 5.95. The fourth-order valence-electron chi connectivity index (χ4n) is 5.13. The van der Waals surface area contributed by atoms with E-state index >= 15 is 0 Å². The highest BCUT2D eigenvalue weighted by atomic mass is 19.4. The minimum absolute atomic E-state index is 0.425. The number of methoxy groups -OCH3 is 1. The Hall–Kier alpha value is -3.51. The minimum atomic E-state index is -5.08. The Morgan fingerprint density at radius 1 is 1.05 bits per heavy atom. The number of hydrogen-bond acceptors (Lipinski definition) is 8. The van der Waals surface area contributed by atoms with Crippen molar-refractivity contribution in [2.45, 2.75) is 44.8 Å². The Bertz CT molecular complexity index is 1350. The van der Waals surface area contributed by atoms with Crippen LogP contribution in [0.25, 0.3) is 22.4 Å². The summed E-state index contributed by atoms with van der Waals surface area (Å²) in [5, 5.41) is 12.0. The average molecular weight is 593 g/mol. The molecule has 2 aliphatic rings. The first-order chi connectivity index (χ1) is 19.9. The summed E-state index contributed by atoms with van der Waals surface area (Å²) in [6.07, 6.45) is -0.524. The topological polar surface area (TPSA) is 100 Å². The molecule has 3 aromatic rings. The van der Waals surface area contributed by atoms with Crippen LogP contribution in [0.15, 0.2) is 34.7 Å². The molecule has 2 aromatic heterocycles. The molecule has 2 saturated heterocycles. The van der Waals surface area contributed by atoms with Gasteiger partial charge in [0, 0.05) is 23.2 Å². The predicted octanol–water partition coefficient (Wildman–Crippen LogP) is 5.67. The molecule has 2 N–H and O–H groups in total. The Labute approximate surface area is 243 Å². The lowest BCUT2D eigenvalue weighted by Gasteiger charge is -2.30. The number of nitrogens with zero attached hydrogens (tertiary/aromatic N) is 3. The molecule has 12 heteroatoms. The Morgan fingerprint density at radius 3 is 2.21 bits per heavy atom. The lowest BCUT2D eigenvalue weighted by molar-refractivity contribution is -0.192. The number of carbonyl (C=O) groups is 1. The van der Waals surface area contributed by atoms with Gasteiger partial charge in [-0.05, 0) is 103 Å². The smallest absolute Gasteiger partial charge is 0.490 e. The molecule has 9 nitrogen and oxygen atoms in total. The average Bonchev–Trinajstić information content (AvgIpc) is 3.39. The maximum Gasteiger partial charge on any atom is 0.490 e. The number of nitrogens with one attached hydrogen (secondary N) is 1. The van der Waals surface area contributed by atoms with Crippen LogP contribution >= 0.6 is 0 Å². The Balaban J connectivity index is 0.000000517. The number of aliphatic carboxylic acids is 1. The molecule has 0 unspecified atom stereocenters. The SMILES string of the molecule is COc1cc2c(NC3CCN(C)CC3)cc(-c3ccc(C)o3)nc2cc1OCC1CCN(C)CC1.O=C(O)C(F)(F)F. The van der Waals surface area contributed by atoms with Gasteiger partial charge >= 0.3 is 12.1 Å². The molecule has 0 spiro atoms. The lowest BCUT2D eigenvalue weighted by atomic mass is 9.98. The number of hydrogen-bond donors (Lipinski definition) is 2. The summed E-state index contributed by atoms with van der Waals surface area (Å²) in [4.78, 5) is 18.6. The molecule has 2 fully saturated rings. The van der Waals surface area contributed by atoms with Crippen molar-refractivity contribution >= 4 is 22.6 Å². The maximum atomic E-state index is 10.6. The molecule has 5 rings (SSSR count). The zero-order valence-corrected chi connectivity index (χ0v) is 24.5. The normalized spacial score (nSPS) is 17.5. The number of aromatic nitrogens is 1. The van der Waals surface area contributed by atoms with Gasteiger partial charge in [0.25, 0.3) is 0 Å². The van der Waals surface area contributed by atoms with E-state index in [9.17, 15) is 13.2 Å². The van der Waals surface area contributed by atoms with Crippen LogP contribution in [-0.2, 0) is 4.79 Å². The van der Waals surface area contributed by atoms with Crippen LogP contribution in [0.4, 0.5) is 18.9 Å². The summed E-state index contributed by atoms with van der Waals surface area (Å²) in [5.41, 5.74) is 2.77. The molecule has 42 heavy (non-hydrogen) atoms. The molecular formula is C30H39F3N4O5. The number of pyridine rings is 1. The van der Waals surface area contributed by atoms with Crippen molar-refractivity contribution < 1.29 is 37.0 Å². The number of rotatable bonds is 7. The first-order valence-corrected chi connectivity index (χ1v) is 14.1. The van der Waals surface area contributed by atoms with Gasteiger partial charge in [0.2, 0.25) is 0 Å². The molecule has 4 heterocycles. The summed E-state index contributed by atoms with van der Waals surface area (Å²) in [7, 11) is 6.08. The van der Waals surface area contributed by atoms with Crippen molar-refractivity contribution in [2.75, 3.05) is 59.3 Å². The number of anilines is 1. The van der Waals surface area contributed by atoms with E-state index in [4.69, 9.17) is 28.8 Å². The maximum absolute atomic E-state index is 10.6. The standard InChI is InChI=1S/C28H38N4O3.C2HF3O2/c1-19-5-6-26(35-19)25-16-23(29-21-9-13-32(3)14-10-21)22-15-27(33-4)28(17-24(22)30-25)34-18-20-7-11-31(2)12-8-20;3-2(4,5)1(6)7/h5-6,15-17,20-21H,7-14,18H2,1-4H3,(H,29,30);(H,6,7). The molecule has 0 amide bonds. The zero-order chi connectivity index (χ0) is 30.4. The van der Waals surface area contributed by atoms with Gasteiger partial charge in [-0.2, -0.15) is 13.2 Å². The van der Waals surface area contributed by atoms with Gasteiger partial charge in [0.05, 0.1) is 19.2 Å². The van der Waals surface area contributed by atoms with Crippen molar-refractivity contribution in [3.63, 3.8) is 0 Å². The number of furan rings is 1. The predicted molar refractivity (Wildman–Crippen MR) is 154 cm³/mol. The van der Waals surface area contributed by atoms with Gasteiger partial charge in [0.1, 0.15) is 11.5 Å². The number of likely N-dealkylation sites (tertiary alicyclic amines) is 2. The van der Waals surface area contributed by atoms with E-state index in [0.717, 1.165) is 97.2 Å². The molecule has 0 atom stereocenters. The highest BCUT2D eigenvalue weighted by Gasteiger charge is 2.38. The molecule has 0 bridgehead atoms. The molecule has 230 valence electrons. The van der Waals surface area contributed by atoms with Gasteiger partial charge in [0.15, 0.2) is 17.3 Å². The van der Waals surface area contributed by atoms with Crippen molar-refractivity contribution in [3.8, 4) is 23.0 Å². The van der Waals surface area contributed by atoms with Crippen molar-refractivity contribution in [1.82, 2.24) is 14.8 Å². The molecule has 1 aromatic carbocycles. The molecule has 0 radical (unpaired) electrons. The quantitative estimate of drug-likeness (QED) is 0.359. The summed E-state index contributed by atoms with van der Waals surface area (Å²) in [6, 6.07) is 10.6. The van der Waals surface area contributed by atoms with E-state index in [2.05, 4.69) is 41.3 Å². The van der Waals surface area contributed by atoms with Gasteiger partial charge in [-0.3, -0.25) is 0 Å². The van der Waals surface area contributed by atoms with Gasteiger partial charge < -0.3 is 34.1 Å². The van der Waals surface area contributed by atoms with E-state index < -0.39 is 12.1 Å². The number of piperidine rings is 2. The van der Waals surface area contributed by atoms with Gasteiger partial charge in [-0.1, -0.05) is 0 Å². The van der Waals surface area contributed by atoms with E-state index in [-0.39, 0.29) is 0 Å². The molecule has 0 saturated carbocycles. The van der Waals surface area contributed by atoms with E-state index in [1.165, 1.54) is 0 Å². The number of carboxylic acids is 1. The van der Waals surface area contributed by atoms with Crippen molar-refractivity contribution in [3.05, 3.63) is 36.1 Å². The third-order valence-corrected chi connectivity index (χ3v) is 7.72. The van der Waals surface area contributed by atoms with Crippen LogP contribution in [-0.4, -0.2) is 92.1 Å². The summed E-state index contributed by atoms with van der Waals surface area (Å²) in [6.45, 7) is 7.12. The largest absolute Gasteiger partial charge is 0.493 e. The second-order valence-corrected chi connectivity index (χ2v) is 11.1. The van der Waals surface area contributed by atoms with Crippen LogP contribution in [0.1, 0.15) is 31.4 Å². The van der Waals surface area contributed by atoms with Gasteiger partial charge in [-0.25, -0.2) is 9.78 Å². The van der Waals surface area contributed by atoms with Crippen LogP contribution < -0.4 is 14.8 Å². The second kappa shape index (κ2) is 13.6. The minimum Gasteiger partial charge on any atom is -0.493 e. The van der Waals surface area contributed by atoms with Crippen LogP contribution in [0.3, 0.4) is 0 Å². The number of fused-ring (bicyclic) bond motifs is 1. The Morgan fingerprint density at radius 2 is 1.67 bits per heavy atom. The first-order valence-electron chi connectivity index (χ1n) is 14.1. The lowest BCUT2D eigenvalue weighted by Crippen LogP contribution is -2.36. The van der Waals surface area contributed by atoms with E-state index in [1.54, 1.807) is 7.11 Å². The Kier molecular flexibility index (Phi) is 10.2. The van der Waals surface area contributed by atoms with Crippen LogP contribution in [0.5, 0.6) is 11.5 Å².